The molecule has 7 heteroatoms. The average Bonchev–Trinajstić information content (AvgIpc) is 3.11. The van der Waals surface area contributed by atoms with E-state index in [0.29, 0.717) is 9.97 Å². The van der Waals surface area contributed by atoms with Gasteiger partial charge in [0.05, 0.1) is 6.20 Å². The van der Waals surface area contributed by atoms with Gasteiger partial charge in [-0.15, -0.1) is 11.3 Å². The lowest BCUT2D eigenvalue weighted by Gasteiger charge is -2.10. The molecule has 2 heterocycles. The van der Waals surface area contributed by atoms with E-state index in [-0.39, 0.29) is 6.04 Å². The van der Waals surface area contributed by atoms with Gasteiger partial charge < -0.3 is 4.52 Å². The normalized spacial score (nSPS) is 17.1. The first-order valence-corrected chi connectivity index (χ1v) is 8.53. The first-order valence-electron chi connectivity index (χ1n) is 6.17. The number of thiophene rings is 1. The second-order valence-corrected chi connectivity index (χ2v) is 7.49. The standard InChI is InChI=1S/C12H14N2O3S2/c15-19(16,14-10-3-1-2-4-10)12-7-9(8-18-12)11-5-6-13-17-11/h5-8,10,14H,1-4H2. The van der Waals surface area contributed by atoms with Crippen molar-refractivity contribution in [3.8, 4) is 11.3 Å². The highest BCUT2D eigenvalue weighted by atomic mass is 32.2. The molecule has 1 saturated carbocycles. The van der Waals surface area contributed by atoms with E-state index in [2.05, 4.69) is 9.88 Å². The molecule has 0 saturated heterocycles. The van der Waals surface area contributed by atoms with E-state index in [1.807, 2.05) is 0 Å². The van der Waals surface area contributed by atoms with E-state index in [1.54, 1.807) is 17.5 Å². The van der Waals surface area contributed by atoms with Crippen LogP contribution >= 0.6 is 11.3 Å². The van der Waals surface area contributed by atoms with Crippen LogP contribution in [0.3, 0.4) is 0 Å². The molecule has 0 aromatic carbocycles. The van der Waals surface area contributed by atoms with Crippen molar-refractivity contribution < 1.29 is 12.9 Å². The lowest BCUT2D eigenvalue weighted by molar-refractivity contribution is 0.432. The Kier molecular flexibility index (Phi) is 3.42. The molecule has 0 bridgehead atoms. The highest BCUT2D eigenvalue weighted by Gasteiger charge is 2.24. The Morgan fingerprint density at radius 2 is 2.16 bits per heavy atom. The van der Waals surface area contributed by atoms with Gasteiger partial charge in [-0.1, -0.05) is 18.0 Å². The summed E-state index contributed by atoms with van der Waals surface area (Å²) in [4.78, 5) is 0. The number of aromatic nitrogens is 1. The van der Waals surface area contributed by atoms with Gasteiger partial charge in [0, 0.05) is 23.1 Å². The van der Waals surface area contributed by atoms with Crippen LogP contribution in [0, 0.1) is 0 Å². The Hall–Kier alpha value is -1.18. The fraction of sp³-hybridized carbons (Fsp3) is 0.417. The smallest absolute Gasteiger partial charge is 0.250 e. The van der Waals surface area contributed by atoms with Crippen molar-refractivity contribution in [1.29, 1.82) is 0 Å². The van der Waals surface area contributed by atoms with Gasteiger partial charge in [0.1, 0.15) is 4.21 Å². The van der Waals surface area contributed by atoms with Gasteiger partial charge in [0.2, 0.25) is 10.0 Å². The van der Waals surface area contributed by atoms with Crippen molar-refractivity contribution in [2.24, 2.45) is 0 Å². The van der Waals surface area contributed by atoms with Gasteiger partial charge >= 0.3 is 0 Å². The molecule has 0 unspecified atom stereocenters. The summed E-state index contributed by atoms with van der Waals surface area (Å²) in [6, 6.07) is 3.42. The van der Waals surface area contributed by atoms with Crippen LogP contribution in [0.1, 0.15) is 25.7 Å². The first kappa shape index (κ1) is 12.8. The van der Waals surface area contributed by atoms with Crippen LogP contribution in [0.25, 0.3) is 11.3 Å². The fourth-order valence-corrected chi connectivity index (χ4v) is 4.76. The molecule has 3 rings (SSSR count). The number of nitrogens with zero attached hydrogens (tertiary/aromatic N) is 1. The van der Waals surface area contributed by atoms with Gasteiger partial charge in [0.25, 0.3) is 0 Å². The predicted octanol–water partition coefficient (Wildman–Crippen LogP) is 2.62. The van der Waals surface area contributed by atoms with Gasteiger partial charge in [-0.25, -0.2) is 13.1 Å². The summed E-state index contributed by atoms with van der Waals surface area (Å²) in [7, 11) is -3.41. The molecule has 0 spiro atoms. The molecular formula is C12H14N2O3S2. The third-order valence-electron chi connectivity index (χ3n) is 3.24. The largest absolute Gasteiger partial charge is 0.356 e. The maximum absolute atomic E-state index is 12.2. The third kappa shape index (κ3) is 2.72. The first-order chi connectivity index (χ1) is 9.15. The highest BCUT2D eigenvalue weighted by Crippen LogP contribution is 2.29. The van der Waals surface area contributed by atoms with Crippen LogP contribution in [0.15, 0.2) is 32.4 Å². The molecule has 2 aromatic rings. The quantitative estimate of drug-likeness (QED) is 0.941. The van der Waals surface area contributed by atoms with Crippen LogP contribution in [-0.2, 0) is 10.0 Å². The minimum Gasteiger partial charge on any atom is -0.356 e. The van der Waals surface area contributed by atoms with E-state index in [1.165, 1.54) is 17.5 Å². The number of nitrogens with one attached hydrogen (secondary N) is 1. The minimum atomic E-state index is -3.41. The van der Waals surface area contributed by atoms with Gasteiger partial charge in [0.15, 0.2) is 5.76 Å². The highest BCUT2D eigenvalue weighted by molar-refractivity contribution is 7.91. The number of hydrogen-bond donors (Lipinski definition) is 1. The van der Waals surface area contributed by atoms with Gasteiger partial charge in [-0.05, 0) is 18.9 Å². The molecule has 0 aliphatic heterocycles. The van der Waals surface area contributed by atoms with E-state index < -0.39 is 10.0 Å². The molecule has 0 atom stereocenters. The lowest BCUT2D eigenvalue weighted by atomic mass is 10.3. The lowest BCUT2D eigenvalue weighted by Crippen LogP contribution is -2.32. The monoisotopic (exact) mass is 298 g/mol. The van der Waals surface area contributed by atoms with Crippen molar-refractivity contribution in [3.63, 3.8) is 0 Å². The van der Waals surface area contributed by atoms with Crippen molar-refractivity contribution in [2.45, 2.75) is 35.9 Å². The summed E-state index contributed by atoms with van der Waals surface area (Å²) in [5.74, 6) is 0.582. The van der Waals surface area contributed by atoms with Crippen LogP contribution < -0.4 is 4.72 Å². The van der Waals surface area contributed by atoms with E-state index >= 15 is 0 Å². The van der Waals surface area contributed by atoms with Gasteiger partial charge in [-0.3, -0.25) is 0 Å². The number of rotatable bonds is 4. The topological polar surface area (TPSA) is 72.2 Å². The Morgan fingerprint density at radius 1 is 1.37 bits per heavy atom. The van der Waals surface area contributed by atoms with E-state index in [9.17, 15) is 8.42 Å². The minimum absolute atomic E-state index is 0.0841. The Labute approximate surface area is 115 Å². The predicted molar refractivity (Wildman–Crippen MR) is 72.4 cm³/mol. The van der Waals surface area contributed by atoms with Crippen molar-refractivity contribution in [2.75, 3.05) is 0 Å². The zero-order valence-electron chi connectivity index (χ0n) is 10.2. The Balaban J connectivity index is 1.81. The van der Waals surface area contributed by atoms with Gasteiger partial charge in [-0.2, -0.15) is 0 Å². The van der Waals surface area contributed by atoms with Crippen LogP contribution in [0.5, 0.6) is 0 Å². The van der Waals surface area contributed by atoms with Crippen LogP contribution in [0.2, 0.25) is 0 Å². The molecule has 1 N–H and O–H groups in total. The van der Waals surface area contributed by atoms with Crippen molar-refractivity contribution in [1.82, 2.24) is 9.88 Å². The molecule has 102 valence electrons. The Morgan fingerprint density at radius 3 is 2.84 bits per heavy atom. The summed E-state index contributed by atoms with van der Waals surface area (Å²) < 4.78 is 32.6. The molecule has 1 aliphatic carbocycles. The van der Waals surface area contributed by atoms with Crippen LogP contribution in [0.4, 0.5) is 0 Å². The summed E-state index contributed by atoms with van der Waals surface area (Å²) in [6.07, 6.45) is 5.60. The zero-order chi connectivity index (χ0) is 13.3. The summed E-state index contributed by atoms with van der Waals surface area (Å²) >= 11 is 1.20. The molecule has 2 aromatic heterocycles. The fourth-order valence-electron chi connectivity index (χ4n) is 2.27. The second kappa shape index (κ2) is 5.07. The number of sulfonamides is 1. The van der Waals surface area contributed by atoms with Crippen molar-refractivity contribution >= 4 is 21.4 Å². The molecule has 5 nitrogen and oxygen atoms in total. The van der Waals surface area contributed by atoms with Crippen LogP contribution in [-0.4, -0.2) is 19.6 Å². The summed E-state index contributed by atoms with van der Waals surface area (Å²) in [5.41, 5.74) is 0.745. The number of hydrogen-bond acceptors (Lipinski definition) is 5. The van der Waals surface area contributed by atoms with E-state index in [0.717, 1.165) is 31.2 Å². The zero-order valence-corrected chi connectivity index (χ0v) is 11.8. The van der Waals surface area contributed by atoms with E-state index in [4.69, 9.17) is 4.52 Å². The molecule has 0 amide bonds. The molecule has 0 radical (unpaired) electrons. The maximum atomic E-state index is 12.2. The second-order valence-electron chi connectivity index (χ2n) is 4.63. The molecule has 1 aliphatic rings. The summed E-state index contributed by atoms with van der Waals surface area (Å²) in [5, 5.41) is 5.39. The maximum Gasteiger partial charge on any atom is 0.250 e. The Bertz CT molecular complexity index is 640. The molecule has 1 fully saturated rings. The molecule has 19 heavy (non-hydrogen) atoms. The average molecular weight is 298 g/mol. The third-order valence-corrected chi connectivity index (χ3v) is 6.20. The molecular weight excluding hydrogens is 284 g/mol. The SMILES string of the molecule is O=S(=O)(NC1CCCC1)c1cc(-c2ccno2)cs1. The van der Waals surface area contributed by atoms with Crippen molar-refractivity contribution in [3.05, 3.63) is 23.7 Å². The summed E-state index contributed by atoms with van der Waals surface area (Å²) in [6.45, 7) is 0.